The largest absolute Gasteiger partial charge is 0.390 e. The van der Waals surface area contributed by atoms with Gasteiger partial charge >= 0.3 is 4.87 Å². The van der Waals surface area contributed by atoms with Crippen molar-refractivity contribution in [2.24, 2.45) is 0 Å². The lowest BCUT2D eigenvalue weighted by Crippen LogP contribution is -2.40. The Morgan fingerprint density at radius 1 is 1.30 bits per heavy atom. The minimum Gasteiger partial charge on any atom is -0.390 e. The summed E-state index contributed by atoms with van der Waals surface area (Å²) in [4.78, 5) is 23.9. The zero-order chi connectivity index (χ0) is 14.7. The van der Waals surface area contributed by atoms with Gasteiger partial charge in [0.15, 0.2) is 0 Å². The second kappa shape index (κ2) is 6.30. The van der Waals surface area contributed by atoms with Gasteiger partial charge in [0.2, 0.25) is 0 Å². The van der Waals surface area contributed by atoms with Crippen LogP contribution in [0.3, 0.4) is 0 Å². The fraction of sp³-hybridized carbons (Fsp3) is 0.429. The molecule has 0 amide bonds. The van der Waals surface area contributed by atoms with Gasteiger partial charge in [0, 0.05) is 17.3 Å². The van der Waals surface area contributed by atoms with Crippen LogP contribution in [0, 0.1) is 0 Å². The second-order valence-corrected chi connectivity index (χ2v) is 5.99. The highest BCUT2D eigenvalue weighted by atomic mass is 32.1. The Kier molecular flexibility index (Phi) is 4.69. The highest BCUT2D eigenvalue weighted by molar-refractivity contribution is 7.16. The minimum atomic E-state index is -0.767. The molecule has 6 heteroatoms. The van der Waals surface area contributed by atoms with Crippen LogP contribution in [0.5, 0.6) is 0 Å². The molecule has 5 nitrogen and oxygen atoms in total. The number of fused-ring (bicyclic) bond motifs is 1. The molecule has 1 atom stereocenters. The standard InChI is InChI=1S/C14H18N2O3S/c1-9(2)15-7-10(17)8-16-13(18)11-5-3-4-6-12(11)20-14(16)19/h3-6,9-10,15,17H,7-8H2,1-2H3. The number of hydrogen-bond donors (Lipinski definition) is 2. The second-order valence-electron chi connectivity index (χ2n) is 5.00. The quantitative estimate of drug-likeness (QED) is 0.855. The van der Waals surface area contributed by atoms with Crippen molar-refractivity contribution in [1.29, 1.82) is 0 Å². The molecule has 1 unspecified atom stereocenters. The van der Waals surface area contributed by atoms with Gasteiger partial charge in [-0.05, 0) is 12.1 Å². The molecular weight excluding hydrogens is 276 g/mol. The Balaban J connectivity index is 2.30. The summed E-state index contributed by atoms with van der Waals surface area (Å²) in [6.07, 6.45) is -0.767. The number of nitrogens with zero attached hydrogens (tertiary/aromatic N) is 1. The van der Waals surface area contributed by atoms with Gasteiger partial charge in [0.05, 0.1) is 18.0 Å². The third-order valence-electron chi connectivity index (χ3n) is 2.94. The molecule has 0 saturated heterocycles. The third-order valence-corrected chi connectivity index (χ3v) is 3.91. The number of nitrogens with one attached hydrogen (secondary N) is 1. The van der Waals surface area contributed by atoms with Gasteiger partial charge in [-0.25, -0.2) is 0 Å². The smallest absolute Gasteiger partial charge is 0.310 e. The number of hydrogen-bond acceptors (Lipinski definition) is 5. The van der Waals surface area contributed by atoms with E-state index in [2.05, 4.69) is 5.32 Å². The summed E-state index contributed by atoms with van der Waals surface area (Å²) in [5.74, 6) is 0. The van der Waals surface area contributed by atoms with E-state index < -0.39 is 6.10 Å². The first-order chi connectivity index (χ1) is 9.49. The molecule has 1 aromatic heterocycles. The molecule has 2 N–H and O–H groups in total. The van der Waals surface area contributed by atoms with Crippen LogP contribution in [-0.4, -0.2) is 28.4 Å². The average Bonchev–Trinajstić information content (AvgIpc) is 2.41. The van der Waals surface area contributed by atoms with Gasteiger partial charge in [-0.1, -0.05) is 37.3 Å². The molecule has 1 heterocycles. The molecule has 0 bridgehead atoms. The van der Waals surface area contributed by atoms with Gasteiger partial charge in [0.25, 0.3) is 5.56 Å². The van der Waals surface area contributed by atoms with E-state index in [0.29, 0.717) is 16.6 Å². The SMILES string of the molecule is CC(C)NCC(O)Cn1c(=O)sc2ccccc2c1=O. The van der Waals surface area contributed by atoms with E-state index in [-0.39, 0.29) is 23.0 Å². The molecule has 0 aliphatic carbocycles. The zero-order valence-corrected chi connectivity index (χ0v) is 12.3. The van der Waals surface area contributed by atoms with Crippen molar-refractivity contribution >= 4 is 21.4 Å². The first-order valence-corrected chi connectivity index (χ1v) is 7.35. The van der Waals surface area contributed by atoms with Crippen molar-refractivity contribution in [3.63, 3.8) is 0 Å². The molecule has 108 valence electrons. The van der Waals surface area contributed by atoms with Gasteiger partial charge in [-0.2, -0.15) is 0 Å². The van der Waals surface area contributed by atoms with Crippen LogP contribution in [0.1, 0.15) is 13.8 Å². The van der Waals surface area contributed by atoms with E-state index in [4.69, 9.17) is 0 Å². The molecule has 0 fully saturated rings. The summed E-state index contributed by atoms with van der Waals surface area (Å²) in [6, 6.07) is 7.26. The van der Waals surface area contributed by atoms with E-state index in [0.717, 1.165) is 15.9 Å². The fourth-order valence-electron chi connectivity index (χ4n) is 1.91. The monoisotopic (exact) mass is 294 g/mol. The van der Waals surface area contributed by atoms with Crippen LogP contribution in [0.4, 0.5) is 0 Å². The van der Waals surface area contributed by atoms with Crippen molar-refractivity contribution < 1.29 is 5.11 Å². The van der Waals surface area contributed by atoms with E-state index in [1.807, 2.05) is 13.8 Å². The maximum Gasteiger partial charge on any atom is 0.310 e. The van der Waals surface area contributed by atoms with Crippen LogP contribution in [0.25, 0.3) is 10.1 Å². The number of aliphatic hydroxyl groups is 1. The molecule has 0 aliphatic heterocycles. The lowest BCUT2D eigenvalue weighted by atomic mass is 10.2. The van der Waals surface area contributed by atoms with E-state index in [9.17, 15) is 14.7 Å². The van der Waals surface area contributed by atoms with Gasteiger partial charge in [0.1, 0.15) is 0 Å². The lowest BCUT2D eigenvalue weighted by molar-refractivity contribution is 0.147. The fourth-order valence-corrected chi connectivity index (χ4v) is 2.78. The maximum absolute atomic E-state index is 12.3. The van der Waals surface area contributed by atoms with E-state index in [1.54, 1.807) is 24.3 Å². The summed E-state index contributed by atoms with van der Waals surface area (Å²) in [6.45, 7) is 4.30. The van der Waals surface area contributed by atoms with Crippen LogP contribution in [0.15, 0.2) is 33.9 Å². The summed E-state index contributed by atoms with van der Waals surface area (Å²) in [5, 5.41) is 13.5. The topological polar surface area (TPSA) is 71.3 Å². The van der Waals surface area contributed by atoms with Crippen molar-refractivity contribution in [1.82, 2.24) is 9.88 Å². The Morgan fingerprint density at radius 2 is 2.00 bits per heavy atom. The summed E-state index contributed by atoms with van der Waals surface area (Å²) >= 11 is 1.02. The lowest BCUT2D eigenvalue weighted by Gasteiger charge is -2.14. The van der Waals surface area contributed by atoms with Crippen molar-refractivity contribution in [3.8, 4) is 0 Å². The highest BCUT2D eigenvalue weighted by Crippen LogP contribution is 2.10. The Morgan fingerprint density at radius 3 is 2.70 bits per heavy atom. The average molecular weight is 294 g/mol. The Hall–Kier alpha value is -1.50. The van der Waals surface area contributed by atoms with Gasteiger partial charge in [-0.3, -0.25) is 14.2 Å². The van der Waals surface area contributed by atoms with Crippen molar-refractivity contribution in [3.05, 3.63) is 44.3 Å². The van der Waals surface area contributed by atoms with Crippen LogP contribution < -0.4 is 15.7 Å². The molecule has 0 spiro atoms. The summed E-state index contributed by atoms with van der Waals surface area (Å²) in [5.41, 5.74) is -0.340. The Labute approximate surface area is 120 Å². The van der Waals surface area contributed by atoms with E-state index in [1.165, 1.54) is 0 Å². The van der Waals surface area contributed by atoms with Crippen molar-refractivity contribution in [2.75, 3.05) is 6.54 Å². The highest BCUT2D eigenvalue weighted by Gasteiger charge is 2.12. The molecule has 1 aromatic carbocycles. The predicted octanol–water partition coefficient (Wildman–Crippen LogP) is 0.782. The zero-order valence-electron chi connectivity index (χ0n) is 11.5. The van der Waals surface area contributed by atoms with Gasteiger partial charge in [-0.15, -0.1) is 0 Å². The number of aliphatic hydroxyl groups excluding tert-OH is 1. The van der Waals surface area contributed by atoms with Crippen molar-refractivity contribution in [2.45, 2.75) is 32.5 Å². The molecule has 0 saturated carbocycles. The molecule has 2 rings (SSSR count). The van der Waals surface area contributed by atoms with E-state index >= 15 is 0 Å². The third kappa shape index (κ3) is 3.33. The molecule has 0 aliphatic rings. The molecular formula is C14H18N2O3S. The summed E-state index contributed by atoms with van der Waals surface area (Å²) in [7, 11) is 0. The Bertz CT molecular complexity index is 705. The normalized spacial score (nSPS) is 13.0. The maximum atomic E-state index is 12.3. The molecule has 20 heavy (non-hydrogen) atoms. The predicted molar refractivity (Wildman–Crippen MR) is 81.5 cm³/mol. The van der Waals surface area contributed by atoms with Gasteiger partial charge < -0.3 is 10.4 Å². The first-order valence-electron chi connectivity index (χ1n) is 6.53. The van der Waals surface area contributed by atoms with Crippen LogP contribution in [0.2, 0.25) is 0 Å². The molecule has 0 radical (unpaired) electrons. The number of benzene rings is 1. The molecule has 2 aromatic rings. The summed E-state index contributed by atoms with van der Waals surface area (Å²) < 4.78 is 1.79. The number of aromatic nitrogens is 1. The minimum absolute atomic E-state index is 0.0126. The van der Waals surface area contributed by atoms with Crippen LogP contribution >= 0.6 is 11.3 Å². The number of rotatable bonds is 5. The first kappa shape index (κ1) is 14.9. The van der Waals surface area contributed by atoms with Crippen LogP contribution in [-0.2, 0) is 6.54 Å².